The molecule has 0 radical (unpaired) electrons. The van der Waals surface area contributed by atoms with Crippen LogP contribution in [0.5, 0.6) is 0 Å². The molecule has 1 nitrogen and oxygen atoms in total. The van der Waals surface area contributed by atoms with Gasteiger partial charge in [0.15, 0.2) is 0 Å². The van der Waals surface area contributed by atoms with E-state index >= 15 is 0 Å². The van der Waals surface area contributed by atoms with Crippen molar-refractivity contribution in [3.05, 3.63) is 89.5 Å². The SMILES string of the molecule is CC/C=C\C=C/Cc1c(N)cc2cccc(CC)c2c1-c1ccccc1CC. The zero-order valence-corrected chi connectivity index (χ0v) is 17.3. The Morgan fingerprint density at radius 2 is 1.54 bits per heavy atom. The Morgan fingerprint density at radius 1 is 0.821 bits per heavy atom. The summed E-state index contributed by atoms with van der Waals surface area (Å²) in [6.45, 7) is 6.61. The number of benzene rings is 3. The first kappa shape index (κ1) is 19.9. The molecular formula is C27H31N. The van der Waals surface area contributed by atoms with E-state index in [0.29, 0.717) is 0 Å². The molecule has 0 fully saturated rings. The van der Waals surface area contributed by atoms with Gasteiger partial charge in [-0.2, -0.15) is 0 Å². The first-order valence-electron chi connectivity index (χ1n) is 10.4. The highest BCUT2D eigenvalue weighted by atomic mass is 14.6. The van der Waals surface area contributed by atoms with Crippen LogP contribution in [0.4, 0.5) is 5.69 Å². The highest BCUT2D eigenvalue weighted by molar-refractivity contribution is 6.04. The smallest absolute Gasteiger partial charge is 0.0362 e. The molecule has 0 aliphatic carbocycles. The van der Waals surface area contributed by atoms with E-state index in [4.69, 9.17) is 5.73 Å². The summed E-state index contributed by atoms with van der Waals surface area (Å²) in [7, 11) is 0. The number of nitrogens with two attached hydrogens (primary N) is 1. The standard InChI is InChI=1S/C27H31N/c1-4-7-8-9-10-18-24-25(28)19-22-16-13-15-21(6-3)26(22)27(24)23-17-12-11-14-20(23)5-2/h7-17,19H,4-6,18,28H2,1-3H3/b8-7-,10-9-. The Hall–Kier alpha value is -2.80. The fourth-order valence-electron chi connectivity index (χ4n) is 3.96. The topological polar surface area (TPSA) is 26.0 Å². The summed E-state index contributed by atoms with van der Waals surface area (Å²) in [5.74, 6) is 0. The number of nitrogen functional groups attached to an aromatic ring is 1. The zero-order valence-electron chi connectivity index (χ0n) is 17.3. The van der Waals surface area contributed by atoms with Gasteiger partial charge in [-0.25, -0.2) is 0 Å². The van der Waals surface area contributed by atoms with Gasteiger partial charge in [0.2, 0.25) is 0 Å². The Kier molecular flexibility index (Phi) is 6.71. The van der Waals surface area contributed by atoms with Crippen LogP contribution in [0.3, 0.4) is 0 Å². The van der Waals surface area contributed by atoms with Crippen molar-refractivity contribution in [2.24, 2.45) is 0 Å². The third-order valence-corrected chi connectivity index (χ3v) is 5.38. The minimum absolute atomic E-state index is 0.835. The molecule has 28 heavy (non-hydrogen) atoms. The fourth-order valence-corrected chi connectivity index (χ4v) is 3.96. The molecule has 0 bridgehead atoms. The lowest BCUT2D eigenvalue weighted by molar-refractivity contribution is 1.14. The van der Waals surface area contributed by atoms with Gasteiger partial charge in [0.1, 0.15) is 0 Å². The molecule has 0 spiro atoms. The minimum Gasteiger partial charge on any atom is -0.398 e. The van der Waals surface area contributed by atoms with Gasteiger partial charge in [-0.05, 0) is 70.3 Å². The van der Waals surface area contributed by atoms with Crippen molar-refractivity contribution in [1.29, 1.82) is 0 Å². The highest BCUT2D eigenvalue weighted by Gasteiger charge is 2.17. The van der Waals surface area contributed by atoms with E-state index in [1.54, 1.807) is 0 Å². The van der Waals surface area contributed by atoms with Crippen LogP contribution in [-0.4, -0.2) is 0 Å². The van der Waals surface area contributed by atoms with Gasteiger partial charge in [-0.15, -0.1) is 0 Å². The molecule has 0 aliphatic rings. The molecule has 3 aromatic carbocycles. The Labute approximate surface area is 169 Å². The summed E-state index contributed by atoms with van der Waals surface area (Å²) >= 11 is 0. The first-order valence-corrected chi connectivity index (χ1v) is 10.4. The average molecular weight is 370 g/mol. The van der Waals surface area contributed by atoms with Crippen molar-refractivity contribution >= 4 is 16.5 Å². The molecule has 0 heterocycles. The van der Waals surface area contributed by atoms with Crippen LogP contribution in [0.15, 0.2) is 72.8 Å². The first-order chi connectivity index (χ1) is 13.7. The normalized spacial score (nSPS) is 11.8. The van der Waals surface area contributed by atoms with Crippen LogP contribution >= 0.6 is 0 Å². The van der Waals surface area contributed by atoms with E-state index in [0.717, 1.165) is 31.4 Å². The monoisotopic (exact) mass is 369 g/mol. The maximum absolute atomic E-state index is 6.60. The number of hydrogen-bond donors (Lipinski definition) is 1. The van der Waals surface area contributed by atoms with E-state index in [9.17, 15) is 0 Å². The van der Waals surface area contributed by atoms with Crippen LogP contribution in [-0.2, 0) is 19.3 Å². The van der Waals surface area contributed by atoms with Gasteiger partial charge in [0.05, 0.1) is 0 Å². The summed E-state index contributed by atoms with van der Waals surface area (Å²) in [6, 6.07) is 17.5. The second-order valence-electron chi connectivity index (χ2n) is 7.17. The maximum atomic E-state index is 6.60. The highest BCUT2D eigenvalue weighted by Crippen LogP contribution is 2.40. The van der Waals surface area contributed by atoms with E-state index in [2.05, 4.69) is 93.6 Å². The molecule has 0 aromatic heterocycles. The quantitative estimate of drug-likeness (QED) is 0.344. The maximum Gasteiger partial charge on any atom is 0.0362 e. The predicted octanol–water partition coefficient (Wildman–Crippen LogP) is 7.28. The van der Waals surface area contributed by atoms with Crippen LogP contribution < -0.4 is 5.73 Å². The Bertz CT molecular complexity index is 1010. The summed E-state index contributed by atoms with van der Waals surface area (Å²) < 4.78 is 0. The van der Waals surface area contributed by atoms with Crippen molar-refractivity contribution in [3.63, 3.8) is 0 Å². The lowest BCUT2D eigenvalue weighted by Crippen LogP contribution is -2.01. The van der Waals surface area contributed by atoms with Crippen LogP contribution in [0.25, 0.3) is 21.9 Å². The van der Waals surface area contributed by atoms with Crippen LogP contribution in [0, 0.1) is 0 Å². The molecule has 3 aromatic rings. The number of fused-ring (bicyclic) bond motifs is 1. The number of rotatable bonds is 7. The second kappa shape index (κ2) is 9.41. The summed E-state index contributed by atoms with van der Waals surface area (Å²) in [6.07, 6.45) is 12.5. The van der Waals surface area contributed by atoms with E-state index in [-0.39, 0.29) is 0 Å². The summed E-state index contributed by atoms with van der Waals surface area (Å²) in [5.41, 5.74) is 14.1. The van der Waals surface area contributed by atoms with E-state index < -0.39 is 0 Å². The second-order valence-corrected chi connectivity index (χ2v) is 7.17. The largest absolute Gasteiger partial charge is 0.398 e. The number of anilines is 1. The van der Waals surface area contributed by atoms with Crippen molar-refractivity contribution in [3.8, 4) is 11.1 Å². The summed E-state index contributed by atoms with van der Waals surface area (Å²) in [4.78, 5) is 0. The Balaban J connectivity index is 2.30. The van der Waals surface area contributed by atoms with Gasteiger partial charge in [0, 0.05) is 5.69 Å². The lowest BCUT2D eigenvalue weighted by atomic mass is 9.85. The molecule has 0 atom stereocenters. The molecule has 0 amide bonds. The number of hydrogen-bond acceptors (Lipinski definition) is 1. The van der Waals surface area contributed by atoms with Crippen molar-refractivity contribution in [2.45, 2.75) is 46.5 Å². The Morgan fingerprint density at radius 3 is 2.29 bits per heavy atom. The molecule has 1 heteroatoms. The number of aryl methyl sites for hydroxylation is 2. The van der Waals surface area contributed by atoms with Crippen molar-refractivity contribution in [1.82, 2.24) is 0 Å². The van der Waals surface area contributed by atoms with E-state index in [1.165, 1.54) is 38.6 Å². The third kappa shape index (κ3) is 4.04. The summed E-state index contributed by atoms with van der Waals surface area (Å²) in [5, 5.41) is 2.59. The predicted molar refractivity (Wildman–Crippen MR) is 125 cm³/mol. The third-order valence-electron chi connectivity index (χ3n) is 5.38. The van der Waals surface area contributed by atoms with Crippen molar-refractivity contribution in [2.75, 3.05) is 5.73 Å². The van der Waals surface area contributed by atoms with E-state index in [1.807, 2.05) is 0 Å². The van der Waals surface area contributed by atoms with Crippen LogP contribution in [0.2, 0.25) is 0 Å². The molecule has 0 unspecified atom stereocenters. The van der Waals surface area contributed by atoms with Gasteiger partial charge in [-0.3, -0.25) is 0 Å². The molecule has 3 rings (SSSR count). The molecule has 0 saturated heterocycles. The van der Waals surface area contributed by atoms with Gasteiger partial charge < -0.3 is 5.73 Å². The fraction of sp³-hybridized carbons (Fsp3) is 0.259. The molecule has 0 aliphatic heterocycles. The van der Waals surface area contributed by atoms with Crippen molar-refractivity contribution < 1.29 is 0 Å². The number of allylic oxidation sites excluding steroid dienone is 4. The van der Waals surface area contributed by atoms with Gasteiger partial charge >= 0.3 is 0 Å². The lowest BCUT2D eigenvalue weighted by Gasteiger charge is -2.20. The van der Waals surface area contributed by atoms with Crippen LogP contribution in [0.1, 0.15) is 43.9 Å². The zero-order chi connectivity index (χ0) is 19.9. The average Bonchev–Trinajstić information content (AvgIpc) is 2.73. The molecule has 144 valence electrons. The minimum atomic E-state index is 0.835. The molecule has 0 saturated carbocycles. The molecule has 2 N–H and O–H groups in total. The van der Waals surface area contributed by atoms with Gasteiger partial charge in [0.25, 0.3) is 0 Å². The molecular weight excluding hydrogens is 338 g/mol. The van der Waals surface area contributed by atoms with Gasteiger partial charge in [-0.1, -0.05) is 87.5 Å².